The van der Waals surface area contributed by atoms with Gasteiger partial charge in [0.1, 0.15) is 5.75 Å². The monoisotopic (exact) mass is 276 g/mol. The molecule has 4 heteroatoms. The summed E-state index contributed by atoms with van der Waals surface area (Å²) < 4.78 is 6.29. The van der Waals surface area contributed by atoms with Crippen LogP contribution in [0, 0.1) is 0 Å². The lowest BCUT2D eigenvalue weighted by atomic mass is 10.1. The molecule has 0 saturated heterocycles. The second kappa shape index (κ2) is 4.26. The molecule has 0 atom stereocenters. The fourth-order valence-corrected chi connectivity index (χ4v) is 3.27. The maximum absolute atomic E-state index is 11.9. The maximum atomic E-state index is 11.9. The Hall–Kier alpha value is -1.58. The third kappa shape index (κ3) is 1.85. The van der Waals surface area contributed by atoms with E-state index in [1.54, 1.807) is 18.4 Å². The summed E-state index contributed by atoms with van der Waals surface area (Å²) >= 11 is 7.47. The minimum Gasteiger partial charge on any atom is -0.497 e. The first-order chi connectivity index (χ1) is 8.67. The fourth-order valence-electron chi connectivity index (χ4n) is 1.93. The van der Waals surface area contributed by atoms with Crippen LogP contribution in [-0.4, -0.2) is 7.11 Å². The van der Waals surface area contributed by atoms with Crippen molar-refractivity contribution in [3.63, 3.8) is 0 Å². The summed E-state index contributed by atoms with van der Waals surface area (Å²) in [5, 5.41) is 1.49. The Morgan fingerprint density at radius 3 is 2.78 bits per heavy atom. The molecular formula is C14H9ClO2S. The van der Waals surface area contributed by atoms with Gasteiger partial charge in [-0.25, -0.2) is 0 Å². The number of ether oxygens (including phenoxy) is 1. The molecule has 18 heavy (non-hydrogen) atoms. The zero-order valence-electron chi connectivity index (χ0n) is 9.57. The van der Waals surface area contributed by atoms with Gasteiger partial charge in [-0.05, 0) is 35.7 Å². The molecule has 0 amide bonds. The summed E-state index contributed by atoms with van der Waals surface area (Å²) in [4.78, 5) is 12.8. The Bertz CT molecular complexity index is 764. The molecule has 0 aromatic heterocycles. The van der Waals surface area contributed by atoms with E-state index in [9.17, 15) is 4.79 Å². The molecule has 0 spiro atoms. The van der Waals surface area contributed by atoms with Crippen molar-refractivity contribution in [3.05, 3.63) is 51.6 Å². The lowest BCUT2D eigenvalue weighted by molar-refractivity contribution is 0.415. The Kier molecular flexibility index (Phi) is 2.73. The number of fused-ring (bicyclic) bond motifs is 2. The molecule has 0 N–H and O–H groups in total. The van der Waals surface area contributed by atoms with Gasteiger partial charge in [-0.1, -0.05) is 11.6 Å². The van der Waals surface area contributed by atoms with Crippen molar-refractivity contribution >= 4 is 33.0 Å². The number of methoxy groups -OCH3 is 1. The normalized spacial score (nSPS) is 11.0. The number of halogens is 1. The first kappa shape index (κ1) is 11.5. The van der Waals surface area contributed by atoms with Crippen molar-refractivity contribution in [3.8, 4) is 16.2 Å². The van der Waals surface area contributed by atoms with E-state index < -0.39 is 0 Å². The van der Waals surface area contributed by atoms with Gasteiger partial charge in [0.05, 0.1) is 7.11 Å². The van der Waals surface area contributed by atoms with Crippen LogP contribution in [0.5, 0.6) is 5.75 Å². The molecule has 3 rings (SSSR count). The average molecular weight is 277 g/mol. The lowest BCUT2D eigenvalue weighted by Gasteiger charge is -2.07. The Morgan fingerprint density at radius 2 is 2.00 bits per heavy atom. The molecule has 2 aliphatic rings. The molecule has 0 bridgehead atoms. The van der Waals surface area contributed by atoms with Crippen LogP contribution < -0.4 is 10.2 Å². The highest BCUT2D eigenvalue weighted by Gasteiger charge is 2.10. The molecule has 1 aliphatic carbocycles. The molecule has 0 saturated carbocycles. The molecule has 1 aromatic rings. The van der Waals surface area contributed by atoms with Gasteiger partial charge < -0.3 is 4.74 Å². The highest BCUT2D eigenvalue weighted by molar-refractivity contribution is 7.21. The topological polar surface area (TPSA) is 26.3 Å². The summed E-state index contributed by atoms with van der Waals surface area (Å²) in [5.41, 5.74) is 0.656. The van der Waals surface area contributed by atoms with Crippen molar-refractivity contribution < 1.29 is 4.74 Å². The molecule has 1 aliphatic heterocycles. The van der Waals surface area contributed by atoms with Gasteiger partial charge in [-0.3, -0.25) is 4.79 Å². The maximum Gasteiger partial charge on any atom is 0.188 e. The third-order valence-electron chi connectivity index (χ3n) is 2.81. The second-order valence-corrected chi connectivity index (χ2v) is 5.49. The number of hydrogen-bond acceptors (Lipinski definition) is 3. The van der Waals surface area contributed by atoms with Crippen LogP contribution in [0.1, 0.15) is 0 Å². The van der Waals surface area contributed by atoms with Crippen LogP contribution in [-0.2, 0) is 0 Å². The van der Waals surface area contributed by atoms with Crippen LogP contribution in [0.15, 0.2) is 41.2 Å². The van der Waals surface area contributed by atoms with Crippen molar-refractivity contribution in [2.45, 2.75) is 0 Å². The van der Waals surface area contributed by atoms with E-state index in [-0.39, 0.29) is 5.43 Å². The first-order valence-corrected chi connectivity index (χ1v) is 6.58. The van der Waals surface area contributed by atoms with Gasteiger partial charge in [0.15, 0.2) is 5.43 Å². The predicted octanol–water partition coefficient (Wildman–Crippen LogP) is 4.03. The van der Waals surface area contributed by atoms with Crippen LogP contribution in [0.25, 0.3) is 20.5 Å². The zero-order chi connectivity index (χ0) is 12.7. The van der Waals surface area contributed by atoms with E-state index in [1.807, 2.05) is 30.3 Å². The highest BCUT2D eigenvalue weighted by Crippen LogP contribution is 2.34. The standard InChI is InChI=1S/C14H9ClO2S/c1-17-10-2-3-13-8(4-10)5-11-12(16)6-9(15)7-14(11)18-13/h2-7H,1H3. The Labute approximate surface area is 113 Å². The summed E-state index contributed by atoms with van der Waals surface area (Å²) in [6, 6.07) is 11.0. The SMILES string of the molecule is COc1ccc2sc3cc(Cl)cc(=O)c-3cc2c1. The largest absolute Gasteiger partial charge is 0.497 e. The second-order valence-electron chi connectivity index (χ2n) is 3.97. The first-order valence-electron chi connectivity index (χ1n) is 5.38. The smallest absolute Gasteiger partial charge is 0.188 e. The minimum atomic E-state index is -0.0431. The molecule has 1 heterocycles. The number of rotatable bonds is 1. The van der Waals surface area contributed by atoms with Gasteiger partial charge >= 0.3 is 0 Å². The number of hydrogen-bond donors (Lipinski definition) is 0. The van der Waals surface area contributed by atoms with Crippen molar-refractivity contribution in [2.24, 2.45) is 0 Å². The molecule has 0 unspecified atom stereocenters. The van der Waals surface area contributed by atoms with Gasteiger partial charge in [0, 0.05) is 26.2 Å². The molecule has 1 aromatic carbocycles. The van der Waals surface area contributed by atoms with E-state index in [0.717, 1.165) is 20.7 Å². The number of benzene rings is 2. The van der Waals surface area contributed by atoms with E-state index in [0.29, 0.717) is 10.6 Å². The molecule has 0 radical (unpaired) electrons. The Balaban J connectivity index is 2.41. The quantitative estimate of drug-likeness (QED) is 0.627. The lowest BCUT2D eigenvalue weighted by Crippen LogP contribution is -2.02. The van der Waals surface area contributed by atoms with E-state index in [2.05, 4.69) is 0 Å². The molecular weight excluding hydrogens is 268 g/mol. The fraction of sp³-hybridized carbons (Fsp3) is 0.0714. The van der Waals surface area contributed by atoms with E-state index >= 15 is 0 Å². The summed E-state index contributed by atoms with van der Waals surface area (Å²) in [7, 11) is 1.63. The third-order valence-corrected chi connectivity index (χ3v) is 4.17. The summed E-state index contributed by atoms with van der Waals surface area (Å²) in [5.74, 6) is 0.787. The average Bonchev–Trinajstić information content (AvgIpc) is 2.36. The zero-order valence-corrected chi connectivity index (χ0v) is 11.1. The van der Waals surface area contributed by atoms with Gasteiger partial charge in [0.25, 0.3) is 0 Å². The molecule has 2 nitrogen and oxygen atoms in total. The highest BCUT2D eigenvalue weighted by atomic mass is 35.5. The molecule has 0 fully saturated rings. The summed E-state index contributed by atoms with van der Waals surface area (Å²) in [6.07, 6.45) is 0. The van der Waals surface area contributed by atoms with Crippen molar-refractivity contribution in [1.29, 1.82) is 0 Å². The van der Waals surface area contributed by atoms with Crippen molar-refractivity contribution in [2.75, 3.05) is 7.11 Å². The van der Waals surface area contributed by atoms with Gasteiger partial charge in [0.2, 0.25) is 0 Å². The Morgan fingerprint density at radius 1 is 1.17 bits per heavy atom. The van der Waals surface area contributed by atoms with E-state index in [4.69, 9.17) is 16.3 Å². The van der Waals surface area contributed by atoms with Crippen LogP contribution in [0.3, 0.4) is 0 Å². The summed E-state index contributed by atoms with van der Waals surface area (Å²) in [6.45, 7) is 0. The van der Waals surface area contributed by atoms with Gasteiger partial charge in [-0.15, -0.1) is 11.3 Å². The van der Waals surface area contributed by atoms with Crippen molar-refractivity contribution in [1.82, 2.24) is 0 Å². The van der Waals surface area contributed by atoms with E-state index in [1.165, 1.54) is 6.07 Å². The minimum absolute atomic E-state index is 0.0431. The van der Waals surface area contributed by atoms with Crippen LogP contribution in [0.4, 0.5) is 0 Å². The van der Waals surface area contributed by atoms with Crippen LogP contribution in [0.2, 0.25) is 5.02 Å². The predicted molar refractivity (Wildman–Crippen MR) is 76.3 cm³/mol. The van der Waals surface area contributed by atoms with Gasteiger partial charge in [-0.2, -0.15) is 0 Å². The van der Waals surface area contributed by atoms with Crippen LogP contribution >= 0.6 is 22.9 Å². The molecule has 90 valence electrons.